The number of rotatable bonds is 4. The van der Waals surface area contributed by atoms with Crippen LogP contribution < -0.4 is 25.5 Å². The van der Waals surface area contributed by atoms with Gasteiger partial charge < -0.3 is 9.80 Å². The predicted octanol–water partition coefficient (Wildman–Crippen LogP) is 19.0. The fourth-order valence-electron chi connectivity index (χ4n) is 12.4. The van der Waals surface area contributed by atoms with E-state index in [0.717, 1.165) is 0 Å². The molecule has 0 fully saturated rings. The second-order valence-corrected chi connectivity index (χ2v) is 26.9. The van der Waals surface area contributed by atoms with Crippen molar-refractivity contribution in [1.29, 1.82) is 0 Å². The topological polar surface area (TPSA) is 6.48 Å². The molecule has 0 aliphatic carbocycles. The molecule has 1 aromatic heterocycles. The van der Waals surface area contributed by atoms with Gasteiger partial charge in [-0.1, -0.05) is 210 Å². The SMILES string of the molecule is CC(C)(C)c1ccc(-c2ccc3c(c2)B2c4sc5ccc(C(C)(C)C)cc5c4N(c4cccc(C(C)(C)C)c4)c4cccc(c42)N3c2ccc(C(C)(C)C)cc2-c2ccc3c4ccccc4c4ccccc4c3c2)cc1. The molecule has 2 aliphatic heterocycles. The smallest absolute Gasteiger partial charge is 0.264 e. The van der Waals surface area contributed by atoms with Crippen LogP contribution in [0.25, 0.3) is 64.7 Å². The van der Waals surface area contributed by atoms with Gasteiger partial charge in [0, 0.05) is 43.2 Å². The Morgan fingerprint density at radius 3 is 1.50 bits per heavy atom. The van der Waals surface area contributed by atoms with E-state index in [-0.39, 0.29) is 28.4 Å². The zero-order valence-corrected chi connectivity index (χ0v) is 47.1. The van der Waals surface area contributed by atoms with Crippen LogP contribution in [0.1, 0.15) is 105 Å². The molecular weight excluding hydrogens is 936 g/mol. The molecule has 0 radical (unpaired) electrons. The minimum absolute atomic E-state index is 0.0126. The maximum Gasteiger partial charge on any atom is 0.264 e. The quantitative estimate of drug-likeness (QED) is 0.128. The molecule has 0 atom stereocenters. The fourth-order valence-corrected chi connectivity index (χ4v) is 13.7. The molecule has 10 aromatic carbocycles. The monoisotopic (exact) mass is 1000 g/mol. The lowest BCUT2D eigenvalue weighted by atomic mass is 9.36. The zero-order valence-electron chi connectivity index (χ0n) is 46.3. The first kappa shape index (κ1) is 48.3. The van der Waals surface area contributed by atoms with E-state index in [9.17, 15) is 0 Å². The highest BCUT2D eigenvalue weighted by molar-refractivity contribution is 7.33. The molecule has 0 saturated carbocycles. The van der Waals surface area contributed by atoms with Crippen LogP contribution in [-0.4, -0.2) is 6.71 Å². The van der Waals surface area contributed by atoms with Crippen molar-refractivity contribution in [2.45, 2.75) is 105 Å². The fraction of sp³-hybridized carbons (Fsp3) is 0.222. The van der Waals surface area contributed by atoms with Crippen LogP contribution in [0.15, 0.2) is 188 Å². The average molecular weight is 1000 g/mol. The molecule has 2 aliphatic rings. The number of hydrogen-bond donors (Lipinski definition) is 0. The maximum absolute atomic E-state index is 2.63. The first-order valence-corrected chi connectivity index (χ1v) is 28.2. The Hall–Kier alpha value is -7.40. The number of hydrogen-bond acceptors (Lipinski definition) is 3. The third-order valence-electron chi connectivity index (χ3n) is 16.7. The van der Waals surface area contributed by atoms with Gasteiger partial charge in [0.1, 0.15) is 0 Å². The number of anilines is 6. The number of thiophene rings is 1. The first-order chi connectivity index (χ1) is 36.2. The lowest BCUT2D eigenvalue weighted by Gasteiger charge is -2.44. The third kappa shape index (κ3) is 7.73. The summed E-state index contributed by atoms with van der Waals surface area (Å²) in [7, 11) is 0. The summed E-state index contributed by atoms with van der Waals surface area (Å²) < 4.78 is 2.71. The van der Waals surface area contributed by atoms with Gasteiger partial charge in [-0.2, -0.15) is 0 Å². The van der Waals surface area contributed by atoms with Gasteiger partial charge in [-0.15, -0.1) is 11.3 Å². The summed E-state index contributed by atoms with van der Waals surface area (Å²) in [5.41, 5.74) is 20.2. The molecule has 3 heterocycles. The van der Waals surface area contributed by atoms with Gasteiger partial charge in [0.2, 0.25) is 0 Å². The number of fused-ring (bicyclic) bond motifs is 12. The molecule has 0 unspecified atom stereocenters. The molecule has 76 heavy (non-hydrogen) atoms. The van der Waals surface area contributed by atoms with Crippen molar-refractivity contribution in [3.05, 3.63) is 210 Å². The molecule has 13 rings (SSSR count). The molecule has 0 spiro atoms. The summed E-state index contributed by atoms with van der Waals surface area (Å²) in [6.07, 6.45) is 0. The molecule has 0 N–H and O–H groups in total. The Balaban J connectivity index is 1.12. The molecule has 0 amide bonds. The molecule has 4 heteroatoms. The summed E-state index contributed by atoms with van der Waals surface area (Å²) in [5, 5.41) is 9.02. The van der Waals surface area contributed by atoms with E-state index in [1.807, 2.05) is 11.3 Å². The van der Waals surface area contributed by atoms with E-state index < -0.39 is 0 Å². The van der Waals surface area contributed by atoms with Gasteiger partial charge in [-0.25, -0.2) is 0 Å². The summed E-state index contributed by atoms with van der Waals surface area (Å²) in [5.74, 6) is 0. The molecule has 0 bridgehead atoms. The van der Waals surface area contributed by atoms with Gasteiger partial charge in [-0.05, 0) is 165 Å². The molecule has 374 valence electrons. The highest BCUT2D eigenvalue weighted by Crippen LogP contribution is 2.51. The minimum atomic E-state index is -0.0756. The van der Waals surface area contributed by atoms with E-state index in [1.165, 1.54) is 137 Å². The molecule has 2 nitrogen and oxygen atoms in total. The summed E-state index contributed by atoms with van der Waals surface area (Å²) >= 11 is 1.98. The Kier molecular flexibility index (Phi) is 10.8. The Morgan fingerprint density at radius 1 is 0.342 bits per heavy atom. The molecule has 11 aromatic rings. The van der Waals surface area contributed by atoms with Gasteiger partial charge in [0.25, 0.3) is 6.71 Å². The molecular formula is C72H67BN2S. The van der Waals surface area contributed by atoms with Gasteiger partial charge in [0.15, 0.2) is 0 Å². The van der Waals surface area contributed by atoms with Crippen molar-refractivity contribution in [2.75, 3.05) is 9.80 Å². The first-order valence-electron chi connectivity index (χ1n) is 27.4. The van der Waals surface area contributed by atoms with Crippen molar-refractivity contribution < 1.29 is 0 Å². The van der Waals surface area contributed by atoms with E-state index in [2.05, 4.69) is 281 Å². The van der Waals surface area contributed by atoms with Crippen LogP contribution in [0.4, 0.5) is 34.1 Å². The van der Waals surface area contributed by atoms with Crippen molar-refractivity contribution in [3.8, 4) is 22.3 Å². The minimum Gasteiger partial charge on any atom is -0.311 e. The van der Waals surface area contributed by atoms with Crippen molar-refractivity contribution in [2.24, 2.45) is 0 Å². The van der Waals surface area contributed by atoms with Crippen LogP contribution >= 0.6 is 11.3 Å². The summed E-state index contributed by atoms with van der Waals surface area (Å²) in [4.78, 5) is 5.26. The highest BCUT2D eigenvalue weighted by atomic mass is 32.1. The van der Waals surface area contributed by atoms with Gasteiger partial charge >= 0.3 is 0 Å². The van der Waals surface area contributed by atoms with Crippen LogP contribution in [-0.2, 0) is 21.7 Å². The van der Waals surface area contributed by atoms with Gasteiger partial charge in [-0.3, -0.25) is 0 Å². The maximum atomic E-state index is 2.63. The Labute approximate surface area is 454 Å². The van der Waals surface area contributed by atoms with Gasteiger partial charge in [0.05, 0.1) is 11.4 Å². The standard InChI is InChI=1S/C72H67BN2S/c1-69(2,3)47-31-27-44(28-32-47)45-30-36-62-60(40-45)73-66-63(74(51-20-17-19-48(41-51)70(4,5)6)67-59-43-50(72(10,11)12)34-38-65(59)76-68(67)73)25-18-26-64(66)75(62)61-37-33-49(71(7,8)9)42-57(61)46-29-35-56-54-23-14-13-21-52(54)53-22-15-16-24-55(53)58(56)39-46/h13-43H,1-12H3. The zero-order chi connectivity index (χ0) is 52.8. The van der Waals surface area contributed by atoms with Crippen molar-refractivity contribution in [1.82, 2.24) is 0 Å². The van der Waals surface area contributed by atoms with Crippen LogP contribution in [0, 0.1) is 0 Å². The van der Waals surface area contributed by atoms with E-state index in [0.29, 0.717) is 0 Å². The van der Waals surface area contributed by atoms with E-state index in [1.54, 1.807) is 0 Å². The van der Waals surface area contributed by atoms with E-state index >= 15 is 0 Å². The average Bonchev–Trinajstić information content (AvgIpc) is 3.80. The Bertz CT molecular complexity index is 4130. The van der Waals surface area contributed by atoms with Crippen LogP contribution in [0.5, 0.6) is 0 Å². The molecule has 0 saturated heterocycles. The summed E-state index contributed by atoms with van der Waals surface area (Å²) in [6.45, 7) is 27.9. The second kappa shape index (κ2) is 17.1. The largest absolute Gasteiger partial charge is 0.311 e. The number of benzene rings is 10. The Morgan fingerprint density at radius 2 is 0.855 bits per heavy atom. The van der Waals surface area contributed by atoms with Crippen LogP contribution in [0.2, 0.25) is 0 Å². The summed E-state index contributed by atoms with van der Waals surface area (Å²) in [6, 6.07) is 72.8. The van der Waals surface area contributed by atoms with Crippen molar-refractivity contribution >= 4 is 110 Å². The second-order valence-electron chi connectivity index (χ2n) is 25.8. The normalized spacial score (nSPS) is 13.7. The number of nitrogens with zero attached hydrogens (tertiary/aromatic N) is 2. The van der Waals surface area contributed by atoms with Crippen LogP contribution in [0.3, 0.4) is 0 Å². The lowest BCUT2D eigenvalue weighted by molar-refractivity contribution is 0.590. The lowest BCUT2D eigenvalue weighted by Crippen LogP contribution is -2.60. The highest BCUT2D eigenvalue weighted by Gasteiger charge is 2.46. The van der Waals surface area contributed by atoms with E-state index in [4.69, 9.17) is 0 Å². The van der Waals surface area contributed by atoms with Crippen molar-refractivity contribution in [3.63, 3.8) is 0 Å². The predicted molar refractivity (Wildman–Crippen MR) is 334 cm³/mol. The third-order valence-corrected chi connectivity index (χ3v) is 17.9.